The Bertz CT molecular complexity index is 1350. The number of hydrogen-bond donors (Lipinski definition) is 1. The van der Waals surface area contributed by atoms with Crippen LogP contribution in [0, 0.1) is 0 Å². The predicted molar refractivity (Wildman–Crippen MR) is 135 cm³/mol. The predicted octanol–water partition coefficient (Wildman–Crippen LogP) is 7.37. The highest BCUT2D eigenvalue weighted by Gasteiger charge is 2.21. The van der Waals surface area contributed by atoms with Crippen LogP contribution in [0.1, 0.15) is 32.8 Å². The molecule has 0 unspecified atom stereocenters. The largest absolute Gasteiger partial charge is 0.508 e. The van der Waals surface area contributed by atoms with Crippen LogP contribution in [0.5, 0.6) is 17.2 Å². The summed E-state index contributed by atoms with van der Waals surface area (Å²) in [7, 11) is -3.61. The van der Waals surface area contributed by atoms with Gasteiger partial charge < -0.3 is 9.84 Å². The average Bonchev–Trinajstić information content (AvgIpc) is 2.85. The van der Waals surface area contributed by atoms with Gasteiger partial charge in [-0.15, -0.1) is 0 Å². The minimum atomic E-state index is -3.61. The van der Waals surface area contributed by atoms with Gasteiger partial charge in [-0.1, -0.05) is 57.2 Å². The SMILES string of the molecule is CCC(C)(C)c1ccc(S(=O)(=O)c2ccc(Oc3ccc(-c4ccc(O)cc4)cc3)cc2)cc1. The summed E-state index contributed by atoms with van der Waals surface area (Å²) in [4.78, 5) is 0.506. The molecule has 0 heterocycles. The van der Waals surface area contributed by atoms with E-state index >= 15 is 0 Å². The number of phenolic OH excluding ortho intramolecular Hbond substituents is 1. The first-order chi connectivity index (χ1) is 16.2. The van der Waals surface area contributed by atoms with Crippen molar-refractivity contribution in [2.24, 2.45) is 0 Å². The molecule has 0 aliphatic rings. The molecule has 0 spiro atoms. The van der Waals surface area contributed by atoms with Gasteiger partial charge in [-0.2, -0.15) is 0 Å². The first-order valence-corrected chi connectivity index (χ1v) is 12.7. The molecule has 0 radical (unpaired) electrons. The summed E-state index contributed by atoms with van der Waals surface area (Å²) >= 11 is 0. The van der Waals surface area contributed by atoms with Crippen LogP contribution in [0.4, 0.5) is 0 Å². The van der Waals surface area contributed by atoms with Gasteiger partial charge in [0.1, 0.15) is 17.2 Å². The molecule has 0 atom stereocenters. The standard InChI is InChI=1S/C29H28O4S/c1-4-29(2,3)23-9-17-27(18-10-23)34(31,32)28-19-15-26(16-20-28)33-25-13-7-22(8-14-25)21-5-11-24(30)12-6-21/h5-20,30H,4H2,1-3H3. The summed E-state index contributed by atoms with van der Waals surface area (Å²) in [6.07, 6.45) is 0.972. The number of ether oxygens (including phenoxy) is 1. The number of benzene rings is 4. The topological polar surface area (TPSA) is 63.6 Å². The molecule has 174 valence electrons. The number of aromatic hydroxyl groups is 1. The molecule has 0 fully saturated rings. The highest BCUT2D eigenvalue weighted by Crippen LogP contribution is 2.31. The maximum absolute atomic E-state index is 13.1. The van der Waals surface area contributed by atoms with Gasteiger partial charge in [0.15, 0.2) is 0 Å². The van der Waals surface area contributed by atoms with Crippen molar-refractivity contribution in [2.75, 3.05) is 0 Å². The number of phenols is 1. The van der Waals surface area contributed by atoms with E-state index in [0.717, 1.165) is 23.1 Å². The third-order valence-corrected chi connectivity index (χ3v) is 8.04. The normalized spacial score (nSPS) is 11.9. The zero-order valence-electron chi connectivity index (χ0n) is 19.5. The Balaban J connectivity index is 1.48. The second-order valence-electron chi connectivity index (χ2n) is 8.91. The summed E-state index contributed by atoms with van der Waals surface area (Å²) in [5, 5.41) is 9.44. The molecule has 4 aromatic rings. The van der Waals surface area contributed by atoms with Gasteiger partial charge in [0.25, 0.3) is 0 Å². The molecule has 1 N–H and O–H groups in total. The van der Waals surface area contributed by atoms with Crippen LogP contribution in [-0.2, 0) is 15.3 Å². The lowest BCUT2D eigenvalue weighted by Gasteiger charge is -2.23. The second-order valence-corrected chi connectivity index (χ2v) is 10.9. The van der Waals surface area contributed by atoms with Crippen molar-refractivity contribution in [3.8, 4) is 28.4 Å². The van der Waals surface area contributed by atoms with Crippen LogP contribution in [-0.4, -0.2) is 13.5 Å². The molecule has 0 aliphatic carbocycles. The lowest BCUT2D eigenvalue weighted by Crippen LogP contribution is -2.15. The number of rotatable bonds is 7. The fourth-order valence-electron chi connectivity index (χ4n) is 3.62. The fourth-order valence-corrected chi connectivity index (χ4v) is 4.88. The van der Waals surface area contributed by atoms with Crippen LogP contribution >= 0.6 is 0 Å². The van der Waals surface area contributed by atoms with Gasteiger partial charge in [-0.05, 0) is 89.2 Å². The van der Waals surface area contributed by atoms with Gasteiger partial charge in [-0.25, -0.2) is 8.42 Å². The van der Waals surface area contributed by atoms with E-state index in [9.17, 15) is 13.5 Å². The molecular formula is C29H28O4S. The molecular weight excluding hydrogens is 444 g/mol. The van der Waals surface area contributed by atoms with Crippen molar-refractivity contribution >= 4 is 9.84 Å². The van der Waals surface area contributed by atoms with Crippen LogP contribution in [0.2, 0.25) is 0 Å². The van der Waals surface area contributed by atoms with Crippen molar-refractivity contribution in [3.05, 3.63) is 103 Å². The molecule has 0 saturated carbocycles. The van der Waals surface area contributed by atoms with Gasteiger partial charge in [0.05, 0.1) is 9.79 Å². The van der Waals surface area contributed by atoms with Crippen LogP contribution < -0.4 is 4.74 Å². The van der Waals surface area contributed by atoms with Crippen molar-refractivity contribution in [3.63, 3.8) is 0 Å². The van der Waals surface area contributed by atoms with Gasteiger partial charge in [0, 0.05) is 0 Å². The van der Waals surface area contributed by atoms with Crippen LogP contribution in [0.25, 0.3) is 11.1 Å². The Morgan fingerprint density at radius 3 is 1.56 bits per heavy atom. The second kappa shape index (κ2) is 9.35. The first kappa shape index (κ1) is 23.6. The molecule has 34 heavy (non-hydrogen) atoms. The number of hydrogen-bond acceptors (Lipinski definition) is 4. The third kappa shape index (κ3) is 5.00. The molecule has 4 rings (SSSR count). The molecule has 5 heteroatoms. The van der Waals surface area contributed by atoms with E-state index < -0.39 is 9.84 Å². The molecule has 0 amide bonds. The van der Waals surface area contributed by atoms with Gasteiger partial charge >= 0.3 is 0 Å². The Labute approximate surface area is 201 Å². The first-order valence-electron chi connectivity index (χ1n) is 11.2. The fraction of sp³-hybridized carbons (Fsp3) is 0.172. The summed E-state index contributed by atoms with van der Waals surface area (Å²) in [5.74, 6) is 1.43. The quantitative estimate of drug-likeness (QED) is 0.305. The van der Waals surface area contributed by atoms with Crippen molar-refractivity contribution in [1.29, 1.82) is 0 Å². The maximum atomic E-state index is 13.1. The highest BCUT2D eigenvalue weighted by atomic mass is 32.2. The molecule has 0 saturated heterocycles. The van der Waals surface area contributed by atoms with E-state index in [4.69, 9.17) is 4.74 Å². The monoisotopic (exact) mass is 472 g/mol. The smallest absolute Gasteiger partial charge is 0.206 e. The average molecular weight is 473 g/mol. The Hall–Kier alpha value is -3.57. The summed E-state index contributed by atoms with van der Waals surface area (Å²) in [6.45, 7) is 6.42. The van der Waals surface area contributed by atoms with E-state index in [1.165, 1.54) is 0 Å². The van der Waals surface area contributed by atoms with Gasteiger partial charge in [0.2, 0.25) is 9.84 Å². The highest BCUT2D eigenvalue weighted by molar-refractivity contribution is 7.91. The van der Waals surface area contributed by atoms with Gasteiger partial charge in [-0.3, -0.25) is 0 Å². The zero-order valence-corrected chi connectivity index (χ0v) is 20.3. The minimum Gasteiger partial charge on any atom is -0.508 e. The summed E-state index contributed by atoms with van der Waals surface area (Å²) in [6, 6.07) is 28.2. The molecule has 0 aromatic heterocycles. The molecule has 4 aromatic carbocycles. The van der Waals surface area contributed by atoms with Crippen LogP contribution in [0.3, 0.4) is 0 Å². The van der Waals surface area contributed by atoms with Crippen molar-refractivity contribution in [2.45, 2.75) is 42.4 Å². The summed E-state index contributed by atoms with van der Waals surface area (Å²) < 4.78 is 32.0. The molecule has 4 nitrogen and oxygen atoms in total. The zero-order chi connectivity index (χ0) is 24.3. The van der Waals surface area contributed by atoms with Crippen molar-refractivity contribution < 1.29 is 18.3 Å². The van der Waals surface area contributed by atoms with Crippen LogP contribution in [0.15, 0.2) is 107 Å². The third-order valence-electron chi connectivity index (χ3n) is 6.25. The van der Waals surface area contributed by atoms with E-state index in [1.54, 1.807) is 48.5 Å². The Morgan fingerprint density at radius 2 is 1.09 bits per heavy atom. The minimum absolute atomic E-state index is 0.00351. The lowest BCUT2D eigenvalue weighted by atomic mass is 9.82. The van der Waals surface area contributed by atoms with E-state index in [1.807, 2.05) is 48.5 Å². The molecule has 0 bridgehead atoms. The maximum Gasteiger partial charge on any atom is 0.206 e. The number of sulfone groups is 1. The Kier molecular flexibility index (Phi) is 6.49. The molecule has 0 aliphatic heterocycles. The van der Waals surface area contributed by atoms with E-state index in [-0.39, 0.29) is 21.0 Å². The van der Waals surface area contributed by atoms with Crippen molar-refractivity contribution in [1.82, 2.24) is 0 Å². The summed E-state index contributed by atoms with van der Waals surface area (Å²) in [5.41, 5.74) is 3.12. The Morgan fingerprint density at radius 1 is 0.676 bits per heavy atom. The van der Waals surface area contributed by atoms with E-state index in [0.29, 0.717) is 11.5 Å². The lowest BCUT2D eigenvalue weighted by molar-refractivity contribution is 0.475. The van der Waals surface area contributed by atoms with E-state index in [2.05, 4.69) is 20.8 Å².